The molecule has 0 bridgehead atoms. The van der Waals surface area contributed by atoms with Gasteiger partial charge in [-0.1, -0.05) is 19.1 Å². The van der Waals surface area contributed by atoms with Crippen LogP contribution in [-0.2, 0) is 6.18 Å². The number of thioether (sulfide) groups is 1. The second kappa shape index (κ2) is 5.49. The summed E-state index contributed by atoms with van der Waals surface area (Å²) < 4.78 is 37.2. The third-order valence-corrected chi connectivity index (χ3v) is 3.50. The van der Waals surface area contributed by atoms with Crippen molar-refractivity contribution in [3.8, 4) is 0 Å². The minimum atomic E-state index is -4.34. The topological polar surface area (TPSA) is 26.0 Å². The number of halogens is 3. The first-order valence-corrected chi connectivity index (χ1v) is 6.09. The van der Waals surface area contributed by atoms with Crippen LogP contribution in [-0.4, -0.2) is 5.75 Å². The Balaban J connectivity index is 2.80. The SMILES string of the molecule is C=C(CC)CSc1ccc(C(F)(F)F)cc1N. The van der Waals surface area contributed by atoms with E-state index in [9.17, 15) is 13.2 Å². The standard InChI is InChI=1S/C12H14F3NS/c1-3-8(2)7-17-11-5-4-9(6-10(11)16)12(13,14)15/h4-6H,2-3,7,16H2,1H3. The Hall–Kier alpha value is -1.10. The van der Waals surface area contributed by atoms with Gasteiger partial charge in [-0.2, -0.15) is 13.2 Å². The number of hydrogen-bond acceptors (Lipinski definition) is 2. The zero-order chi connectivity index (χ0) is 13.1. The van der Waals surface area contributed by atoms with E-state index in [0.29, 0.717) is 10.6 Å². The molecule has 0 atom stereocenters. The number of nitrogen functional groups attached to an aromatic ring is 1. The Kier molecular flexibility index (Phi) is 4.51. The minimum Gasteiger partial charge on any atom is -0.398 e. The predicted molar refractivity (Wildman–Crippen MR) is 66.0 cm³/mol. The third kappa shape index (κ3) is 4.00. The van der Waals surface area contributed by atoms with Crippen LogP contribution in [0.3, 0.4) is 0 Å². The monoisotopic (exact) mass is 261 g/mol. The molecule has 0 heterocycles. The van der Waals surface area contributed by atoms with E-state index < -0.39 is 11.7 Å². The molecule has 0 spiro atoms. The number of anilines is 1. The summed E-state index contributed by atoms with van der Waals surface area (Å²) in [5, 5.41) is 0. The van der Waals surface area contributed by atoms with E-state index in [2.05, 4.69) is 6.58 Å². The lowest BCUT2D eigenvalue weighted by molar-refractivity contribution is -0.137. The van der Waals surface area contributed by atoms with Crippen LogP contribution in [0.25, 0.3) is 0 Å². The lowest BCUT2D eigenvalue weighted by Crippen LogP contribution is -2.05. The van der Waals surface area contributed by atoms with Gasteiger partial charge in [-0.3, -0.25) is 0 Å². The molecular weight excluding hydrogens is 247 g/mol. The van der Waals surface area contributed by atoms with E-state index in [4.69, 9.17) is 5.73 Å². The normalized spacial score (nSPS) is 11.5. The van der Waals surface area contributed by atoms with Crippen molar-refractivity contribution in [2.45, 2.75) is 24.4 Å². The van der Waals surface area contributed by atoms with Gasteiger partial charge in [-0.25, -0.2) is 0 Å². The minimum absolute atomic E-state index is 0.161. The first-order chi connectivity index (χ1) is 7.84. The van der Waals surface area contributed by atoms with E-state index in [1.807, 2.05) is 6.92 Å². The molecule has 1 nitrogen and oxygen atoms in total. The molecule has 0 unspecified atom stereocenters. The van der Waals surface area contributed by atoms with Crippen LogP contribution in [0.4, 0.5) is 18.9 Å². The Bertz CT molecular complexity index is 413. The lowest BCUT2D eigenvalue weighted by atomic mass is 10.2. The number of hydrogen-bond donors (Lipinski definition) is 1. The van der Waals surface area contributed by atoms with Crippen molar-refractivity contribution >= 4 is 17.4 Å². The molecule has 0 aromatic heterocycles. The number of rotatable bonds is 4. The fraction of sp³-hybridized carbons (Fsp3) is 0.333. The van der Waals surface area contributed by atoms with Gasteiger partial charge in [-0.15, -0.1) is 11.8 Å². The van der Waals surface area contributed by atoms with Crippen molar-refractivity contribution in [3.63, 3.8) is 0 Å². The number of nitrogens with two attached hydrogens (primary N) is 1. The fourth-order valence-corrected chi connectivity index (χ4v) is 2.09. The van der Waals surface area contributed by atoms with Crippen LogP contribution in [0.1, 0.15) is 18.9 Å². The van der Waals surface area contributed by atoms with Crippen LogP contribution in [0, 0.1) is 0 Å². The highest BCUT2D eigenvalue weighted by Crippen LogP contribution is 2.34. The smallest absolute Gasteiger partial charge is 0.398 e. The predicted octanol–water partition coefficient (Wildman–Crippen LogP) is 4.35. The Morgan fingerprint density at radius 1 is 1.41 bits per heavy atom. The van der Waals surface area contributed by atoms with Crippen LogP contribution < -0.4 is 5.73 Å². The quantitative estimate of drug-likeness (QED) is 0.495. The molecular formula is C12H14F3NS. The maximum absolute atomic E-state index is 12.4. The van der Waals surface area contributed by atoms with Gasteiger partial charge in [0.05, 0.1) is 5.56 Å². The number of benzene rings is 1. The molecule has 0 fully saturated rings. The highest BCUT2D eigenvalue weighted by molar-refractivity contribution is 7.99. The summed E-state index contributed by atoms with van der Waals surface area (Å²) in [5.41, 5.74) is 6.08. The van der Waals surface area contributed by atoms with Gasteiger partial charge in [0.2, 0.25) is 0 Å². The largest absolute Gasteiger partial charge is 0.416 e. The maximum atomic E-state index is 12.4. The third-order valence-electron chi connectivity index (χ3n) is 2.27. The summed E-state index contributed by atoms with van der Waals surface area (Å²) in [6, 6.07) is 3.43. The average molecular weight is 261 g/mol. The van der Waals surface area contributed by atoms with Gasteiger partial charge in [0.25, 0.3) is 0 Å². The van der Waals surface area contributed by atoms with E-state index >= 15 is 0 Å². The van der Waals surface area contributed by atoms with Crippen LogP contribution in [0.2, 0.25) is 0 Å². The lowest BCUT2D eigenvalue weighted by Gasteiger charge is -2.10. The molecule has 0 aliphatic rings. The molecule has 0 aliphatic carbocycles. The fourth-order valence-electron chi connectivity index (χ4n) is 1.14. The van der Waals surface area contributed by atoms with Gasteiger partial charge in [0, 0.05) is 16.3 Å². The molecule has 1 rings (SSSR count). The zero-order valence-corrected chi connectivity index (χ0v) is 10.3. The second-order valence-electron chi connectivity index (χ2n) is 3.64. The van der Waals surface area contributed by atoms with Crippen molar-refractivity contribution in [2.24, 2.45) is 0 Å². The van der Waals surface area contributed by atoms with E-state index in [1.165, 1.54) is 17.8 Å². The van der Waals surface area contributed by atoms with Crippen molar-refractivity contribution in [2.75, 3.05) is 11.5 Å². The van der Waals surface area contributed by atoms with Gasteiger partial charge in [-0.05, 0) is 24.6 Å². The van der Waals surface area contributed by atoms with Crippen molar-refractivity contribution in [1.82, 2.24) is 0 Å². The number of alkyl halides is 3. The van der Waals surface area contributed by atoms with Crippen molar-refractivity contribution in [1.29, 1.82) is 0 Å². The Morgan fingerprint density at radius 3 is 2.53 bits per heavy atom. The van der Waals surface area contributed by atoms with Gasteiger partial charge in [0.1, 0.15) is 0 Å². The summed E-state index contributed by atoms with van der Waals surface area (Å²) in [7, 11) is 0. The first-order valence-electron chi connectivity index (χ1n) is 5.10. The summed E-state index contributed by atoms with van der Waals surface area (Å²) in [6.07, 6.45) is -3.49. The molecule has 0 radical (unpaired) electrons. The molecule has 0 saturated heterocycles. The first kappa shape index (κ1) is 14.0. The summed E-state index contributed by atoms with van der Waals surface area (Å²) in [4.78, 5) is 0.660. The van der Waals surface area contributed by atoms with Crippen LogP contribution in [0.5, 0.6) is 0 Å². The van der Waals surface area contributed by atoms with E-state index in [0.717, 1.165) is 24.1 Å². The zero-order valence-electron chi connectivity index (χ0n) is 9.47. The summed E-state index contributed by atoms with van der Waals surface area (Å²) in [6.45, 7) is 5.82. The van der Waals surface area contributed by atoms with Crippen LogP contribution in [0.15, 0.2) is 35.2 Å². The highest BCUT2D eigenvalue weighted by atomic mass is 32.2. The molecule has 5 heteroatoms. The van der Waals surface area contributed by atoms with E-state index in [1.54, 1.807) is 0 Å². The molecule has 2 N–H and O–H groups in total. The molecule has 0 aliphatic heterocycles. The molecule has 0 saturated carbocycles. The second-order valence-corrected chi connectivity index (χ2v) is 4.66. The molecule has 94 valence electrons. The Labute approximate surface area is 103 Å². The molecule has 0 amide bonds. The van der Waals surface area contributed by atoms with Gasteiger partial charge in [0.15, 0.2) is 0 Å². The van der Waals surface area contributed by atoms with Gasteiger partial charge >= 0.3 is 6.18 Å². The molecule has 1 aromatic carbocycles. The van der Waals surface area contributed by atoms with Gasteiger partial charge < -0.3 is 5.73 Å². The highest BCUT2D eigenvalue weighted by Gasteiger charge is 2.30. The molecule has 1 aromatic rings. The summed E-state index contributed by atoms with van der Waals surface area (Å²) >= 11 is 1.41. The van der Waals surface area contributed by atoms with E-state index in [-0.39, 0.29) is 5.69 Å². The Morgan fingerprint density at radius 2 is 2.06 bits per heavy atom. The maximum Gasteiger partial charge on any atom is 0.416 e. The summed E-state index contributed by atoms with van der Waals surface area (Å²) in [5.74, 6) is 0.673. The molecule has 17 heavy (non-hydrogen) atoms. The van der Waals surface area contributed by atoms with Crippen molar-refractivity contribution in [3.05, 3.63) is 35.9 Å². The average Bonchev–Trinajstić information content (AvgIpc) is 2.25. The van der Waals surface area contributed by atoms with Crippen LogP contribution >= 0.6 is 11.8 Å². The van der Waals surface area contributed by atoms with Crippen molar-refractivity contribution < 1.29 is 13.2 Å².